The summed E-state index contributed by atoms with van der Waals surface area (Å²) in [5.74, 6) is -1.25. The zero-order chi connectivity index (χ0) is 24.9. The summed E-state index contributed by atoms with van der Waals surface area (Å²) >= 11 is 0. The molecule has 0 bridgehead atoms. The molecule has 0 saturated carbocycles. The number of halogens is 1. The Kier molecular flexibility index (Phi) is 7.28. The molecule has 1 aliphatic heterocycles. The monoisotopic (exact) mass is 475 g/mol. The molecule has 0 aliphatic carbocycles. The molecule has 3 aromatic rings. The molecule has 35 heavy (non-hydrogen) atoms. The number of amides is 2. The third-order valence-electron chi connectivity index (χ3n) is 5.80. The lowest BCUT2D eigenvalue weighted by Crippen LogP contribution is -2.51. The topological polar surface area (TPSA) is 107 Å². The number of rotatable bonds is 7. The first-order valence-electron chi connectivity index (χ1n) is 11.2. The number of benzodiazepines with no additional fused rings is 1. The molecule has 0 fully saturated rings. The normalized spacial score (nSPS) is 17.1. The molecule has 2 aromatic carbocycles. The Hall–Kier alpha value is -3.95. The summed E-state index contributed by atoms with van der Waals surface area (Å²) in [6.07, 6.45) is -0.453. The van der Waals surface area contributed by atoms with Crippen molar-refractivity contribution in [2.45, 2.75) is 25.2 Å². The number of nitrogens with one attached hydrogen (secondary N) is 2. The van der Waals surface area contributed by atoms with E-state index in [1.807, 2.05) is 30.3 Å². The molecule has 1 aliphatic rings. The zero-order valence-corrected chi connectivity index (χ0v) is 19.4. The van der Waals surface area contributed by atoms with Crippen molar-refractivity contribution in [3.05, 3.63) is 95.6 Å². The van der Waals surface area contributed by atoms with Crippen molar-refractivity contribution in [2.24, 2.45) is 4.99 Å². The number of aliphatic hydroxyl groups excluding tert-OH is 1. The van der Waals surface area contributed by atoms with Crippen LogP contribution < -0.4 is 15.5 Å². The summed E-state index contributed by atoms with van der Waals surface area (Å²) in [6, 6.07) is 17.5. The number of fused-ring (bicyclic) bond motifs is 1. The summed E-state index contributed by atoms with van der Waals surface area (Å²) in [4.78, 5) is 36.6. The number of hydrogen-bond acceptors (Lipinski definition) is 6. The molecule has 1 aromatic heterocycles. The minimum absolute atomic E-state index is 0.0621. The van der Waals surface area contributed by atoms with E-state index in [0.717, 1.165) is 5.56 Å². The lowest BCUT2D eigenvalue weighted by molar-refractivity contribution is -0.128. The highest BCUT2D eigenvalue weighted by Crippen LogP contribution is 2.26. The number of likely N-dealkylation sites (N-methyl/N-ethyl adjacent to an activating group) is 1. The number of carbonyl (C=O) groups excluding carboxylic acids is 2. The van der Waals surface area contributed by atoms with Gasteiger partial charge in [-0.2, -0.15) is 0 Å². The number of nitrogens with zero attached hydrogens (tertiary/aromatic N) is 3. The van der Waals surface area contributed by atoms with Crippen LogP contribution in [0, 0.1) is 5.82 Å². The van der Waals surface area contributed by atoms with Gasteiger partial charge < -0.3 is 20.6 Å². The second kappa shape index (κ2) is 10.5. The second-order valence-corrected chi connectivity index (χ2v) is 8.22. The molecule has 2 heterocycles. The fraction of sp³-hybridized carbons (Fsp3) is 0.231. The summed E-state index contributed by atoms with van der Waals surface area (Å²) in [5, 5.41) is 16.0. The maximum atomic E-state index is 13.2. The number of hydrogen-bond donors (Lipinski definition) is 3. The molecule has 9 heteroatoms. The minimum atomic E-state index is -1.16. The Morgan fingerprint density at radius 3 is 2.54 bits per heavy atom. The third-order valence-corrected chi connectivity index (χ3v) is 5.80. The highest BCUT2D eigenvalue weighted by atomic mass is 19.1. The molecule has 2 unspecified atom stereocenters. The van der Waals surface area contributed by atoms with Crippen molar-refractivity contribution in [2.75, 3.05) is 18.5 Å². The van der Waals surface area contributed by atoms with Crippen molar-refractivity contribution in [3.63, 3.8) is 0 Å². The van der Waals surface area contributed by atoms with Crippen LogP contribution in [0.5, 0.6) is 0 Å². The highest BCUT2D eigenvalue weighted by Gasteiger charge is 2.32. The van der Waals surface area contributed by atoms with Crippen LogP contribution >= 0.6 is 0 Å². The fourth-order valence-corrected chi connectivity index (χ4v) is 3.77. The van der Waals surface area contributed by atoms with Crippen molar-refractivity contribution >= 4 is 23.2 Å². The quantitative estimate of drug-likeness (QED) is 0.486. The van der Waals surface area contributed by atoms with Crippen LogP contribution in [-0.4, -0.2) is 53.4 Å². The van der Waals surface area contributed by atoms with Crippen molar-refractivity contribution < 1.29 is 19.1 Å². The van der Waals surface area contributed by atoms with Gasteiger partial charge in [-0.3, -0.25) is 14.6 Å². The first kappa shape index (κ1) is 24.2. The summed E-state index contributed by atoms with van der Waals surface area (Å²) < 4.78 is 13.1. The van der Waals surface area contributed by atoms with Crippen LogP contribution in [-0.2, 0) is 9.59 Å². The molecule has 3 atom stereocenters. The average molecular weight is 476 g/mol. The maximum Gasteiger partial charge on any atom is 0.272 e. The number of anilines is 1. The first-order valence-corrected chi connectivity index (χ1v) is 11.2. The minimum Gasteiger partial charge on any atom is -0.387 e. The largest absolute Gasteiger partial charge is 0.387 e. The van der Waals surface area contributed by atoms with Crippen molar-refractivity contribution in [1.29, 1.82) is 0 Å². The third kappa shape index (κ3) is 5.42. The number of aliphatic hydroxyl groups is 1. The van der Waals surface area contributed by atoms with Gasteiger partial charge in [0.05, 0.1) is 29.2 Å². The van der Waals surface area contributed by atoms with Gasteiger partial charge in [-0.25, -0.2) is 9.38 Å². The fourth-order valence-electron chi connectivity index (χ4n) is 3.77. The summed E-state index contributed by atoms with van der Waals surface area (Å²) in [5.41, 5.74) is 2.99. The van der Waals surface area contributed by atoms with Gasteiger partial charge in [-0.1, -0.05) is 36.4 Å². The van der Waals surface area contributed by atoms with Crippen LogP contribution in [0.2, 0.25) is 0 Å². The zero-order valence-electron chi connectivity index (χ0n) is 19.4. The van der Waals surface area contributed by atoms with E-state index in [2.05, 4.69) is 20.6 Å². The Bertz CT molecular complexity index is 1230. The molecule has 0 spiro atoms. The SMILES string of the molecule is C[C@H](NCC(O)c1ccc(F)cc1)C(=O)NC1N=C(c2ccccn2)c2ccccc2N(C)C1=O. The molecular formula is C26H26FN5O3. The molecule has 3 N–H and O–H groups in total. The summed E-state index contributed by atoms with van der Waals surface area (Å²) in [6.45, 7) is 1.68. The number of pyridine rings is 1. The predicted molar refractivity (Wildman–Crippen MR) is 130 cm³/mol. The van der Waals surface area contributed by atoms with E-state index in [1.165, 1.54) is 29.2 Å². The Morgan fingerprint density at radius 2 is 1.83 bits per heavy atom. The molecule has 2 amide bonds. The van der Waals surface area contributed by atoms with Gasteiger partial charge in [0.1, 0.15) is 5.82 Å². The van der Waals surface area contributed by atoms with Crippen LogP contribution in [0.1, 0.15) is 29.8 Å². The van der Waals surface area contributed by atoms with Gasteiger partial charge in [0.2, 0.25) is 12.1 Å². The number of carbonyl (C=O) groups is 2. The lowest BCUT2D eigenvalue weighted by atomic mass is 10.0. The maximum absolute atomic E-state index is 13.2. The van der Waals surface area contributed by atoms with Gasteiger partial charge in [0.15, 0.2) is 0 Å². The number of aliphatic imine (C=N–C) groups is 1. The molecule has 4 rings (SSSR count). The standard InChI is InChI=1S/C26H26FN5O3/c1-16(29-15-22(33)17-10-12-18(27)13-11-17)25(34)31-24-26(35)32(2)21-9-4-3-7-19(21)23(30-24)20-8-5-6-14-28-20/h3-14,16,22,24,29,33H,15H2,1-2H3,(H,31,34)/t16-,22?,24?/m0/s1. The number of benzene rings is 2. The van der Waals surface area contributed by atoms with Gasteiger partial charge >= 0.3 is 0 Å². The van der Waals surface area contributed by atoms with E-state index in [1.54, 1.807) is 32.3 Å². The van der Waals surface area contributed by atoms with Crippen LogP contribution in [0.3, 0.4) is 0 Å². The molecule has 0 saturated heterocycles. The van der Waals surface area contributed by atoms with Crippen LogP contribution in [0.15, 0.2) is 77.9 Å². The molecule has 180 valence electrons. The summed E-state index contributed by atoms with van der Waals surface area (Å²) in [7, 11) is 1.64. The van der Waals surface area contributed by atoms with Gasteiger partial charge in [-0.05, 0) is 42.8 Å². The van der Waals surface area contributed by atoms with Crippen molar-refractivity contribution in [1.82, 2.24) is 15.6 Å². The highest BCUT2D eigenvalue weighted by molar-refractivity contribution is 6.19. The van der Waals surface area contributed by atoms with Gasteiger partial charge in [0.25, 0.3) is 5.91 Å². The van der Waals surface area contributed by atoms with E-state index < -0.39 is 35.9 Å². The lowest BCUT2D eigenvalue weighted by Gasteiger charge is -2.22. The Labute approximate surface area is 202 Å². The second-order valence-electron chi connectivity index (χ2n) is 8.22. The first-order chi connectivity index (χ1) is 16.8. The van der Waals surface area contributed by atoms with E-state index in [4.69, 9.17) is 0 Å². The van der Waals surface area contributed by atoms with Crippen LogP contribution in [0.4, 0.5) is 10.1 Å². The smallest absolute Gasteiger partial charge is 0.272 e. The van der Waals surface area contributed by atoms with Gasteiger partial charge in [0, 0.05) is 25.4 Å². The average Bonchev–Trinajstić information content (AvgIpc) is 2.98. The molecule has 0 radical (unpaired) electrons. The Balaban J connectivity index is 1.51. The van der Waals surface area contributed by atoms with Crippen molar-refractivity contribution in [3.8, 4) is 0 Å². The van der Waals surface area contributed by atoms with E-state index in [-0.39, 0.29) is 6.54 Å². The predicted octanol–water partition coefficient (Wildman–Crippen LogP) is 2.19. The molecule has 8 nitrogen and oxygen atoms in total. The van der Waals surface area contributed by atoms with E-state index >= 15 is 0 Å². The number of aromatic nitrogens is 1. The Morgan fingerprint density at radius 1 is 1.11 bits per heavy atom. The van der Waals surface area contributed by atoms with E-state index in [0.29, 0.717) is 22.7 Å². The van der Waals surface area contributed by atoms with Gasteiger partial charge in [-0.15, -0.1) is 0 Å². The van der Waals surface area contributed by atoms with E-state index in [9.17, 15) is 19.1 Å². The van der Waals surface area contributed by atoms with Crippen LogP contribution in [0.25, 0.3) is 0 Å². The molecular weight excluding hydrogens is 449 g/mol. The number of para-hydroxylation sites is 1.